The van der Waals surface area contributed by atoms with E-state index in [4.69, 9.17) is 11.6 Å². The van der Waals surface area contributed by atoms with Gasteiger partial charge in [0, 0.05) is 18.7 Å². The number of aryl methyl sites for hydroxylation is 1. The first kappa shape index (κ1) is 13.2. The third-order valence-corrected chi connectivity index (χ3v) is 5.13. The van der Waals surface area contributed by atoms with Crippen molar-refractivity contribution in [1.82, 2.24) is 9.97 Å². The van der Waals surface area contributed by atoms with Crippen molar-refractivity contribution in [1.29, 1.82) is 0 Å². The van der Waals surface area contributed by atoms with Gasteiger partial charge in [0.05, 0.1) is 0 Å². The van der Waals surface area contributed by atoms with Gasteiger partial charge < -0.3 is 4.90 Å². The topological polar surface area (TPSA) is 29.0 Å². The number of hydrogen-bond acceptors (Lipinski definition) is 3. The second-order valence-corrected chi connectivity index (χ2v) is 6.41. The summed E-state index contributed by atoms with van der Waals surface area (Å²) in [6.45, 7) is 6.22. The van der Waals surface area contributed by atoms with E-state index in [0.717, 1.165) is 42.1 Å². The zero-order chi connectivity index (χ0) is 13.4. The minimum atomic E-state index is 0.605. The number of nitrogens with zero attached hydrogens (tertiary/aromatic N) is 3. The van der Waals surface area contributed by atoms with E-state index in [0.29, 0.717) is 5.15 Å². The minimum absolute atomic E-state index is 0.605. The van der Waals surface area contributed by atoms with E-state index >= 15 is 0 Å². The molecule has 0 radical (unpaired) electrons. The Labute approximate surface area is 120 Å². The second-order valence-electron chi connectivity index (χ2n) is 6.05. The molecule has 0 spiro atoms. The highest BCUT2D eigenvalue weighted by Crippen LogP contribution is 2.38. The lowest BCUT2D eigenvalue weighted by Crippen LogP contribution is -2.42. The van der Waals surface area contributed by atoms with Crippen LogP contribution in [-0.4, -0.2) is 23.1 Å². The molecular formula is C15H22ClN3. The van der Waals surface area contributed by atoms with E-state index in [9.17, 15) is 0 Å². The molecule has 2 unspecified atom stereocenters. The molecule has 1 aliphatic carbocycles. The van der Waals surface area contributed by atoms with Crippen LogP contribution in [0.1, 0.15) is 43.5 Å². The van der Waals surface area contributed by atoms with Crippen LogP contribution in [0.3, 0.4) is 0 Å². The molecule has 1 aromatic heterocycles. The molecule has 2 atom stereocenters. The Bertz CT molecular complexity index is 475. The fourth-order valence-corrected chi connectivity index (χ4v) is 3.89. The fraction of sp³-hybridized carbons (Fsp3) is 0.733. The molecule has 19 heavy (non-hydrogen) atoms. The average molecular weight is 280 g/mol. The normalized spacial score (nSPS) is 27.2. The molecule has 0 bridgehead atoms. The van der Waals surface area contributed by atoms with Gasteiger partial charge in [-0.15, -0.1) is 0 Å². The highest BCUT2D eigenvalue weighted by Gasteiger charge is 2.32. The van der Waals surface area contributed by atoms with Crippen LogP contribution in [0.4, 0.5) is 5.82 Å². The number of aromatic nitrogens is 2. The lowest BCUT2D eigenvalue weighted by Gasteiger charge is -2.42. The van der Waals surface area contributed by atoms with E-state index in [2.05, 4.69) is 14.9 Å². The smallest absolute Gasteiger partial charge is 0.137 e. The summed E-state index contributed by atoms with van der Waals surface area (Å²) in [6, 6.07) is 0. The molecular weight excluding hydrogens is 258 g/mol. The van der Waals surface area contributed by atoms with Crippen molar-refractivity contribution in [2.75, 3.05) is 18.0 Å². The number of rotatable bonds is 1. The van der Waals surface area contributed by atoms with E-state index in [1.54, 1.807) is 0 Å². The highest BCUT2D eigenvalue weighted by molar-refractivity contribution is 6.30. The molecule has 0 amide bonds. The molecule has 2 aliphatic rings. The predicted octanol–water partition coefficient (Wildman–Crippen LogP) is 3.76. The fourth-order valence-electron chi connectivity index (χ4n) is 3.68. The largest absolute Gasteiger partial charge is 0.356 e. The van der Waals surface area contributed by atoms with Crippen LogP contribution in [0, 0.1) is 25.7 Å². The van der Waals surface area contributed by atoms with E-state index in [1.165, 1.54) is 32.1 Å². The van der Waals surface area contributed by atoms with Crippen LogP contribution in [0.25, 0.3) is 0 Å². The lowest BCUT2D eigenvalue weighted by atomic mass is 9.75. The number of fused-ring (bicyclic) bond motifs is 1. The standard InChI is InChI=1S/C15H22ClN3/c1-10-14(16)17-11(2)18-15(10)19-8-7-12-5-3-4-6-13(12)9-19/h12-13H,3-9H2,1-2H3. The minimum Gasteiger partial charge on any atom is -0.356 e. The Balaban J connectivity index is 1.83. The van der Waals surface area contributed by atoms with Crippen molar-refractivity contribution >= 4 is 17.4 Å². The Morgan fingerprint density at radius 3 is 2.58 bits per heavy atom. The molecule has 1 saturated carbocycles. The summed E-state index contributed by atoms with van der Waals surface area (Å²) >= 11 is 6.20. The van der Waals surface area contributed by atoms with Gasteiger partial charge >= 0.3 is 0 Å². The van der Waals surface area contributed by atoms with E-state index in [-0.39, 0.29) is 0 Å². The van der Waals surface area contributed by atoms with Gasteiger partial charge in [0.2, 0.25) is 0 Å². The molecule has 2 fully saturated rings. The molecule has 104 valence electrons. The van der Waals surface area contributed by atoms with Crippen molar-refractivity contribution < 1.29 is 0 Å². The maximum absolute atomic E-state index is 6.20. The molecule has 3 nitrogen and oxygen atoms in total. The quantitative estimate of drug-likeness (QED) is 0.733. The second kappa shape index (κ2) is 5.28. The average Bonchev–Trinajstić information content (AvgIpc) is 2.42. The summed E-state index contributed by atoms with van der Waals surface area (Å²) in [4.78, 5) is 11.3. The number of hydrogen-bond donors (Lipinski definition) is 0. The van der Waals surface area contributed by atoms with Gasteiger partial charge in [-0.1, -0.05) is 30.9 Å². The maximum Gasteiger partial charge on any atom is 0.137 e. The first-order valence-corrected chi connectivity index (χ1v) is 7.78. The predicted molar refractivity (Wildman–Crippen MR) is 78.8 cm³/mol. The molecule has 1 aromatic rings. The first-order chi connectivity index (χ1) is 9.15. The molecule has 1 saturated heterocycles. The monoisotopic (exact) mass is 279 g/mol. The molecule has 4 heteroatoms. The highest BCUT2D eigenvalue weighted by atomic mass is 35.5. The van der Waals surface area contributed by atoms with Gasteiger partial charge in [0.25, 0.3) is 0 Å². The van der Waals surface area contributed by atoms with Crippen LogP contribution in [-0.2, 0) is 0 Å². The summed E-state index contributed by atoms with van der Waals surface area (Å²) in [5.41, 5.74) is 1.03. The van der Waals surface area contributed by atoms with Crippen molar-refractivity contribution in [3.05, 3.63) is 16.5 Å². The van der Waals surface area contributed by atoms with Crippen LogP contribution >= 0.6 is 11.6 Å². The van der Waals surface area contributed by atoms with Crippen molar-refractivity contribution in [3.63, 3.8) is 0 Å². The summed E-state index contributed by atoms with van der Waals surface area (Å²) in [6.07, 6.45) is 6.96. The SMILES string of the molecule is Cc1nc(Cl)c(C)c(N2CCC3CCCCC3C2)n1. The summed E-state index contributed by atoms with van der Waals surface area (Å²) < 4.78 is 0. The van der Waals surface area contributed by atoms with Gasteiger partial charge in [0.15, 0.2) is 0 Å². The zero-order valence-electron chi connectivity index (χ0n) is 11.8. The molecule has 3 rings (SSSR count). The van der Waals surface area contributed by atoms with E-state index in [1.807, 2.05) is 13.8 Å². The lowest BCUT2D eigenvalue weighted by molar-refractivity contribution is 0.202. The van der Waals surface area contributed by atoms with Gasteiger partial charge in [-0.05, 0) is 38.5 Å². The Hall–Kier alpha value is -0.830. The Morgan fingerprint density at radius 1 is 1.05 bits per heavy atom. The summed E-state index contributed by atoms with van der Waals surface area (Å²) in [5, 5.41) is 0.605. The third kappa shape index (κ3) is 2.58. The van der Waals surface area contributed by atoms with Crippen LogP contribution < -0.4 is 4.90 Å². The summed E-state index contributed by atoms with van der Waals surface area (Å²) in [7, 11) is 0. The van der Waals surface area contributed by atoms with Crippen molar-refractivity contribution in [2.45, 2.75) is 46.0 Å². The van der Waals surface area contributed by atoms with Crippen LogP contribution in [0.2, 0.25) is 5.15 Å². The van der Waals surface area contributed by atoms with Crippen molar-refractivity contribution in [2.24, 2.45) is 11.8 Å². The number of halogens is 1. The molecule has 1 aliphatic heterocycles. The van der Waals surface area contributed by atoms with E-state index < -0.39 is 0 Å². The Morgan fingerprint density at radius 2 is 1.79 bits per heavy atom. The van der Waals surface area contributed by atoms with Gasteiger partial charge in [0.1, 0.15) is 16.8 Å². The third-order valence-electron chi connectivity index (χ3n) is 4.76. The zero-order valence-corrected chi connectivity index (χ0v) is 12.6. The van der Waals surface area contributed by atoms with Gasteiger partial charge in [-0.25, -0.2) is 9.97 Å². The van der Waals surface area contributed by atoms with Crippen LogP contribution in [0.15, 0.2) is 0 Å². The number of anilines is 1. The van der Waals surface area contributed by atoms with Gasteiger partial charge in [-0.3, -0.25) is 0 Å². The van der Waals surface area contributed by atoms with Crippen molar-refractivity contribution in [3.8, 4) is 0 Å². The molecule has 0 N–H and O–H groups in total. The van der Waals surface area contributed by atoms with Crippen LogP contribution in [0.5, 0.6) is 0 Å². The first-order valence-electron chi connectivity index (χ1n) is 7.41. The number of piperidine rings is 1. The maximum atomic E-state index is 6.20. The van der Waals surface area contributed by atoms with Gasteiger partial charge in [-0.2, -0.15) is 0 Å². The molecule has 2 heterocycles. The Kier molecular flexibility index (Phi) is 3.66. The molecule has 0 aromatic carbocycles. The summed E-state index contributed by atoms with van der Waals surface area (Å²) in [5.74, 6) is 3.64.